The maximum absolute atomic E-state index is 13.0. The van der Waals surface area contributed by atoms with E-state index in [1.807, 2.05) is 0 Å². The molecule has 0 saturated heterocycles. The Balaban J connectivity index is 5.18. The predicted octanol–water partition coefficient (Wildman–Crippen LogP) is 18.3. The molecule has 17 nitrogen and oxygen atoms in total. The molecular weight excluding hydrogens is 1110 g/mol. The highest BCUT2D eigenvalue weighted by atomic mass is 31.2. The SMILES string of the molecule is CCCCCCCCCCCCCCCCCC(=O)OC[C@H](COP(=O)(O)OC[C@H](O)COP(=O)(O)OC[C@@H](COC(=O)CCCCCCCCCCC)OC(=O)CCCCCCCCCCCCC)OC(=O)CCCCCCCCCCC. The first kappa shape index (κ1) is 82.1. The van der Waals surface area contributed by atoms with Crippen molar-refractivity contribution in [3.8, 4) is 0 Å². The maximum atomic E-state index is 13.0. The summed E-state index contributed by atoms with van der Waals surface area (Å²) in [7, 11) is -9.88. The fourth-order valence-corrected chi connectivity index (χ4v) is 11.4. The average Bonchev–Trinajstić information content (AvgIpc) is 3.61. The van der Waals surface area contributed by atoms with E-state index in [2.05, 4.69) is 27.7 Å². The maximum Gasteiger partial charge on any atom is 0.472 e. The van der Waals surface area contributed by atoms with Crippen LogP contribution in [0.15, 0.2) is 0 Å². The Morgan fingerprint density at radius 1 is 0.286 bits per heavy atom. The number of phosphoric ester groups is 2. The van der Waals surface area contributed by atoms with Gasteiger partial charge in [0.25, 0.3) is 0 Å². The number of phosphoric acid groups is 2. The van der Waals surface area contributed by atoms with Crippen LogP contribution in [0.2, 0.25) is 0 Å². The van der Waals surface area contributed by atoms with E-state index >= 15 is 0 Å². The lowest BCUT2D eigenvalue weighted by atomic mass is 10.0. The third-order valence-electron chi connectivity index (χ3n) is 15.1. The van der Waals surface area contributed by atoms with Gasteiger partial charge in [-0.15, -0.1) is 0 Å². The summed E-state index contributed by atoms with van der Waals surface area (Å²) in [6.45, 7) is 4.87. The Bertz CT molecular complexity index is 1620. The van der Waals surface area contributed by atoms with Crippen LogP contribution in [0.4, 0.5) is 0 Å². The topological polar surface area (TPSA) is 237 Å². The first-order valence-corrected chi connectivity index (χ1v) is 37.3. The molecule has 0 spiro atoms. The van der Waals surface area contributed by atoms with E-state index in [-0.39, 0.29) is 25.7 Å². The van der Waals surface area contributed by atoms with Crippen LogP contribution in [0.25, 0.3) is 0 Å². The van der Waals surface area contributed by atoms with Gasteiger partial charge in [0.1, 0.15) is 19.3 Å². The van der Waals surface area contributed by atoms with Crippen molar-refractivity contribution in [1.29, 1.82) is 0 Å². The Morgan fingerprint density at radius 2 is 0.476 bits per heavy atom. The van der Waals surface area contributed by atoms with Gasteiger partial charge in [0.15, 0.2) is 12.2 Å². The lowest BCUT2D eigenvalue weighted by molar-refractivity contribution is -0.161. The van der Waals surface area contributed by atoms with Gasteiger partial charge in [0.2, 0.25) is 0 Å². The average molecular weight is 1240 g/mol. The molecule has 0 aliphatic rings. The van der Waals surface area contributed by atoms with Crippen molar-refractivity contribution >= 4 is 39.5 Å². The number of hydrogen-bond donors (Lipinski definition) is 3. The molecule has 5 atom stereocenters. The van der Waals surface area contributed by atoms with Gasteiger partial charge in [-0.2, -0.15) is 0 Å². The zero-order valence-corrected chi connectivity index (χ0v) is 55.7. The molecule has 19 heteroatoms. The summed E-state index contributed by atoms with van der Waals surface area (Å²) in [5, 5.41) is 10.5. The zero-order valence-electron chi connectivity index (χ0n) is 53.9. The molecule has 3 N–H and O–H groups in total. The fraction of sp³-hybridized carbons (Fsp3) is 0.938. The number of unbranched alkanes of at least 4 members (excludes halogenated alkanes) is 40. The highest BCUT2D eigenvalue weighted by Gasteiger charge is 2.30. The van der Waals surface area contributed by atoms with Crippen molar-refractivity contribution in [2.24, 2.45) is 0 Å². The van der Waals surface area contributed by atoms with E-state index in [4.69, 9.17) is 37.0 Å². The molecule has 0 rings (SSSR count). The Kier molecular flexibility index (Phi) is 58.6. The number of carbonyl (C=O) groups excluding carboxylic acids is 4. The van der Waals surface area contributed by atoms with Gasteiger partial charge in [-0.25, -0.2) is 9.13 Å². The molecule has 2 unspecified atom stereocenters. The largest absolute Gasteiger partial charge is 0.472 e. The molecule has 0 aliphatic carbocycles. The van der Waals surface area contributed by atoms with Crippen LogP contribution in [0.1, 0.15) is 336 Å². The molecule has 84 heavy (non-hydrogen) atoms. The van der Waals surface area contributed by atoms with Crippen molar-refractivity contribution in [3.05, 3.63) is 0 Å². The van der Waals surface area contributed by atoms with Crippen molar-refractivity contribution in [3.63, 3.8) is 0 Å². The number of carbonyl (C=O) groups is 4. The molecule has 0 aliphatic heterocycles. The van der Waals surface area contributed by atoms with Gasteiger partial charge in [-0.05, 0) is 25.7 Å². The number of aliphatic hydroxyl groups is 1. The summed E-state index contributed by atoms with van der Waals surface area (Å²) >= 11 is 0. The predicted molar refractivity (Wildman–Crippen MR) is 335 cm³/mol. The van der Waals surface area contributed by atoms with Crippen LogP contribution in [-0.2, 0) is 65.4 Å². The van der Waals surface area contributed by atoms with Crippen LogP contribution in [0, 0.1) is 0 Å². The second-order valence-corrected chi connectivity index (χ2v) is 26.4. The molecule has 0 amide bonds. The molecule has 0 aromatic heterocycles. The van der Waals surface area contributed by atoms with Gasteiger partial charge >= 0.3 is 39.5 Å². The summed E-state index contributed by atoms with van der Waals surface area (Å²) in [6, 6.07) is 0. The zero-order chi connectivity index (χ0) is 61.9. The summed E-state index contributed by atoms with van der Waals surface area (Å²) in [5.41, 5.74) is 0. The monoisotopic (exact) mass is 1240 g/mol. The van der Waals surface area contributed by atoms with Gasteiger partial charge in [0.05, 0.1) is 26.4 Å². The first-order valence-electron chi connectivity index (χ1n) is 34.3. The molecule has 0 radical (unpaired) electrons. The van der Waals surface area contributed by atoms with Crippen molar-refractivity contribution in [1.82, 2.24) is 0 Å². The van der Waals surface area contributed by atoms with E-state index in [0.717, 1.165) is 89.9 Å². The van der Waals surface area contributed by atoms with Crippen molar-refractivity contribution in [2.45, 2.75) is 354 Å². The Hall–Kier alpha value is -1.94. The van der Waals surface area contributed by atoms with Gasteiger partial charge in [0, 0.05) is 25.7 Å². The van der Waals surface area contributed by atoms with E-state index in [1.165, 1.54) is 167 Å². The minimum atomic E-state index is -4.94. The molecule has 0 saturated carbocycles. The fourth-order valence-electron chi connectivity index (χ4n) is 9.81. The minimum absolute atomic E-state index is 0.107. The first-order chi connectivity index (χ1) is 40.7. The second-order valence-electron chi connectivity index (χ2n) is 23.5. The number of esters is 4. The molecule has 0 heterocycles. The van der Waals surface area contributed by atoms with Crippen LogP contribution >= 0.6 is 15.6 Å². The minimum Gasteiger partial charge on any atom is -0.462 e. The second kappa shape index (κ2) is 60.0. The molecule has 498 valence electrons. The van der Waals surface area contributed by atoms with E-state index in [9.17, 15) is 43.2 Å². The van der Waals surface area contributed by atoms with Crippen LogP contribution in [-0.4, -0.2) is 96.7 Å². The number of rotatable bonds is 66. The molecule has 0 bridgehead atoms. The number of ether oxygens (including phenoxy) is 4. The molecule has 0 aromatic rings. The summed E-state index contributed by atoms with van der Waals surface area (Å²) in [6.07, 6.45) is 45.7. The molecular formula is C65H126O17P2. The van der Waals surface area contributed by atoms with Gasteiger partial charge < -0.3 is 33.8 Å². The number of aliphatic hydroxyl groups excluding tert-OH is 1. The van der Waals surface area contributed by atoms with Gasteiger partial charge in [-0.3, -0.25) is 37.3 Å². The molecule has 0 fully saturated rings. The van der Waals surface area contributed by atoms with Crippen LogP contribution in [0.3, 0.4) is 0 Å². The smallest absolute Gasteiger partial charge is 0.462 e. The van der Waals surface area contributed by atoms with E-state index in [0.29, 0.717) is 25.7 Å². The van der Waals surface area contributed by atoms with Crippen LogP contribution in [0.5, 0.6) is 0 Å². The summed E-state index contributed by atoms with van der Waals surface area (Å²) in [5.74, 6) is -2.13. The summed E-state index contributed by atoms with van der Waals surface area (Å²) < 4.78 is 68.0. The number of hydrogen-bond acceptors (Lipinski definition) is 15. The summed E-state index contributed by atoms with van der Waals surface area (Å²) in [4.78, 5) is 72.2. The third kappa shape index (κ3) is 59.0. The van der Waals surface area contributed by atoms with E-state index in [1.54, 1.807) is 0 Å². The van der Waals surface area contributed by atoms with Crippen molar-refractivity contribution in [2.75, 3.05) is 39.6 Å². The third-order valence-corrected chi connectivity index (χ3v) is 17.0. The Labute approximate surface area is 511 Å². The van der Waals surface area contributed by atoms with E-state index < -0.39 is 97.5 Å². The van der Waals surface area contributed by atoms with Gasteiger partial charge in [-0.1, -0.05) is 285 Å². The quantitative estimate of drug-likeness (QED) is 0.0222. The highest BCUT2D eigenvalue weighted by molar-refractivity contribution is 7.47. The normalized spacial score (nSPS) is 14.1. The standard InChI is InChI=1S/C65H126O17P2/c1-5-9-13-17-21-25-27-28-29-30-32-35-38-42-46-50-63(68)76-56-60(81-64(69)51-47-43-39-34-24-20-16-12-8-4)57-79-83(71,72)77-53-59(66)54-78-84(73,74)80-58-61(55-75-62(67)49-45-41-37-33-23-19-15-11-7-3)82-65(70)52-48-44-40-36-31-26-22-18-14-10-6-2/h59-61,66H,5-58H2,1-4H3,(H,71,72)(H,73,74)/t59-,60+,61+/m0/s1. The lowest BCUT2D eigenvalue weighted by Crippen LogP contribution is -2.30. The Morgan fingerprint density at radius 3 is 0.702 bits per heavy atom. The van der Waals surface area contributed by atoms with Crippen molar-refractivity contribution < 1.29 is 80.2 Å². The van der Waals surface area contributed by atoms with Crippen LogP contribution < -0.4 is 0 Å². The molecule has 0 aromatic carbocycles. The highest BCUT2D eigenvalue weighted by Crippen LogP contribution is 2.45. The lowest BCUT2D eigenvalue weighted by Gasteiger charge is -2.21.